The van der Waals surface area contributed by atoms with E-state index in [-0.39, 0.29) is 17.8 Å². The molecule has 0 aliphatic carbocycles. The third-order valence-corrected chi connectivity index (χ3v) is 6.86. The summed E-state index contributed by atoms with van der Waals surface area (Å²) in [4.78, 5) is 14.9. The normalized spacial score (nSPS) is 14.1. The highest BCUT2D eigenvalue weighted by Crippen LogP contribution is 2.43. The van der Waals surface area contributed by atoms with Crippen molar-refractivity contribution in [2.75, 3.05) is 37.2 Å². The molecule has 3 aromatic carbocycles. The van der Waals surface area contributed by atoms with Crippen molar-refractivity contribution < 1.29 is 14.3 Å². The van der Waals surface area contributed by atoms with Crippen molar-refractivity contribution in [3.05, 3.63) is 78.4 Å². The van der Waals surface area contributed by atoms with E-state index in [0.717, 1.165) is 34.1 Å². The molecular weight excluding hydrogens is 462 g/mol. The molecule has 1 unspecified atom stereocenters. The average Bonchev–Trinajstić information content (AvgIpc) is 3.32. The van der Waals surface area contributed by atoms with Crippen molar-refractivity contribution in [2.45, 2.75) is 11.3 Å². The minimum atomic E-state index is -0.173. The van der Waals surface area contributed by atoms with Crippen molar-refractivity contribution in [1.29, 1.82) is 0 Å². The summed E-state index contributed by atoms with van der Waals surface area (Å²) >= 11 is 1.36. The first-order valence-electron chi connectivity index (χ1n) is 11.1. The number of carbonyl (C=O) groups is 1. The van der Waals surface area contributed by atoms with Crippen LogP contribution in [0.1, 0.15) is 11.7 Å². The van der Waals surface area contributed by atoms with Gasteiger partial charge in [-0.3, -0.25) is 9.36 Å². The van der Waals surface area contributed by atoms with Gasteiger partial charge in [0, 0.05) is 24.0 Å². The fourth-order valence-electron chi connectivity index (χ4n) is 4.21. The lowest BCUT2D eigenvalue weighted by atomic mass is 10.0. The van der Waals surface area contributed by atoms with Crippen LogP contribution < -0.4 is 19.7 Å². The van der Waals surface area contributed by atoms with E-state index in [9.17, 15) is 4.79 Å². The number of para-hydroxylation sites is 1. The van der Waals surface area contributed by atoms with Crippen molar-refractivity contribution in [1.82, 2.24) is 14.8 Å². The fraction of sp³-hybridized carbons (Fsp3) is 0.192. The zero-order valence-electron chi connectivity index (χ0n) is 19.6. The Bertz CT molecular complexity index is 1340. The summed E-state index contributed by atoms with van der Waals surface area (Å²) in [5.74, 6) is 2.38. The number of hydrogen-bond donors (Lipinski definition) is 1. The molecule has 0 fully saturated rings. The van der Waals surface area contributed by atoms with Gasteiger partial charge in [0.25, 0.3) is 0 Å². The molecule has 5 rings (SSSR count). The Hall–Kier alpha value is -3.98. The number of rotatable bonds is 7. The SMILES string of the molecule is COc1ccc(NC(=O)CSc2nnc3n2C(c2ccc(OC)cc2)N(C)c2ccccc2-3)cc1. The molecule has 1 aromatic heterocycles. The summed E-state index contributed by atoms with van der Waals surface area (Å²) in [6.07, 6.45) is -0.173. The average molecular weight is 488 g/mol. The summed E-state index contributed by atoms with van der Waals surface area (Å²) < 4.78 is 12.6. The Morgan fingerprint density at radius 1 is 0.943 bits per heavy atom. The summed E-state index contributed by atoms with van der Waals surface area (Å²) in [6.45, 7) is 0. The highest BCUT2D eigenvalue weighted by atomic mass is 32.2. The maximum atomic E-state index is 12.7. The number of anilines is 2. The topological polar surface area (TPSA) is 81.5 Å². The van der Waals surface area contributed by atoms with Crippen LogP contribution in [-0.2, 0) is 4.79 Å². The van der Waals surface area contributed by atoms with E-state index < -0.39 is 0 Å². The van der Waals surface area contributed by atoms with Crippen LogP contribution in [0.25, 0.3) is 11.4 Å². The molecule has 1 N–H and O–H groups in total. The zero-order chi connectivity index (χ0) is 24.4. The first kappa shape index (κ1) is 22.8. The number of nitrogens with zero attached hydrogens (tertiary/aromatic N) is 4. The van der Waals surface area contributed by atoms with Crippen molar-refractivity contribution >= 4 is 29.0 Å². The minimum absolute atomic E-state index is 0.122. The van der Waals surface area contributed by atoms with E-state index in [1.807, 2.05) is 66.7 Å². The smallest absolute Gasteiger partial charge is 0.234 e. The van der Waals surface area contributed by atoms with Crippen LogP contribution in [0.2, 0.25) is 0 Å². The van der Waals surface area contributed by atoms with E-state index in [2.05, 4.69) is 38.1 Å². The molecule has 1 amide bonds. The number of carbonyl (C=O) groups excluding carboxylic acids is 1. The Morgan fingerprint density at radius 2 is 1.60 bits per heavy atom. The summed E-state index contributed by atoms with van der Waals surface area (Å²) in [6, 6.07) is 23.4. The van der Waals surface area contributed by atoms with Crippen LogP contribution in [0, 0.1) is 0 Å². The van der Waals surface area contributed by atoms with Gasteiger partial charge in [0.05, 0.1) is 20.0 Å². The van der Waals surface area contributed by atoms with Crippen LogP contribution >= 0.6 is 11.8 Å². The van der Waals surface area contributed by atoms with Crippen molar-refractivity contribution in [2.24, 2.45) is 0 Å². The molecule has 0 bridgehead atoms. The number of amides is 1. The number of hydrogen-bond acceptors (Lipinski definition) is 7. The third kappa shape index (κ3) is 4.42. The van der Waals surface area contributed by atoms with Crippen molar-refractivity contribution in [3.8, 4) is 22.9 Å². The van der Waals surface area contributed by atoms with E-state index in [0.29, 0.717) is 10.8 Å². The van der Waals surface area contributed by atoms with Crippen LogP contribution in [0.3, 0.4) is 0 Å². The van der Waals surface area contributed by atoms with Gasteiger partial charge in [-0.05, 0) is 54.1 Å². The molecule has 2 heterocycles. The van der Waals surface area contributed by atoms with Gasteiger partial charge in [0.2, 0.25) is 5.91 Å². The van der Waals surface area contributed by atoms with Crippen LogP contribution in [0.5, 0.6) is 11.5 Å². The second kappa shape index (κ2) is 9.71. The second-order valence-corrected chi connectivity index (χ2v) is 8.96. The first-order valence-corrected chi connectivity index (χ1v) is 12.1. The molecular formula is C26H25N5O3S. The van der Waals surface area contributed by atoms with E-state index >= 15 is 0 Å². The highest BCUT2D eigenvalue weighted by molar-refractivity contribution is 7.99. The standard InChI is InChI=1S/C26H25N5O3S/c1-30-22-7-5-4-6-21(22)24-28-29-26(31(24)25(30)17-8-12-19(33-2)13-9-17)35-16-23(32)27-18-10-14-20(34-3)15-11-18/h4-15,25H,16H2,1-3H3,(H,27,32). The molecule has 1 aliphatic rings. The Labute approximate surface area is 207 Å². The summed E-state index contributed by atoms with van der Waals surface area (Å²) in [7, 11) is 5.32. The van der Waals surface area contributed by atoms with Crippen LogP contribution in [-0.4, -0.2) is 47.7 Å². The predicted molar refractivity (Wildman–Crippen MR) is 137 cm³/mol. The number of methoxy groups -OCH3 is 2. The lowest BCUT2D eigenvalue weighted by molar-refractivity contribution is -0.113. The molecule has 8 nitrogen and oxygen atoms in total. The number of nitrogens with one attached hydrogen (secondary N) is 1. The van der Waals surface area contributed by atoms with Gasteiger partial charge < -0.3 is 19.7 Å². The van der Waals surface area contributed by atoms with Gasteiger partial charge in [-0.2, -0.15) is 0 Å². The van der Waals surface area contributed by atoms with Crippen LogP contribution in [0.4, 0.5) is 11.4 Å². The molecule has 0 radical (unpaired) electrons. The monoisotopic (exact) mass is 487 g/mol. The molecule has 4 aromatic rings. The van der Waals surface area contributed by atoms with E-state index in [4.69, 9.17) is 9.47 Å². The van der Waals surface area contributed by atoms with E-state index in [1.165, 1.54) is 11.8 Å². The van der Waals surface area contributed by atoms with Gasteiger partial charge in [0.15, 0.2) is 11.0 Å². The fourth-order valence-corrected chi connectivity index (χ4v) is 4.96. The number of fused-ring (bicyclic) bond motifs is 3. The predicted octanol–water partition coefficient (Wildman–Crippen LogP) is 4.69. The Morgan fingerprint density at radius 3 is 2.29 bits per heavy atom. The summed E-state index contributed by atoms with van der Waals surface area (Å²) in [5.41, 5.74) is 3.85. The summed E-state index contributed by atoms with van der Waals surface area (Å²) in [5, 5.41) is 12.6. The minimum Gasteiger partial charge on any atom is -0.497 e. The molecule has 0 saturated carbocycles. The van der Waals surface area contributed by atoms with Crippen LogP contribution in [0.15, 0.2) is 78.0 Å². The van der Waals surface area contributed by atoms with Gasteiger partial charge in [-0.1, -0.05) is 36.0 Å². The maximum absolute atomic E-state index is 12.7. The molecule has 1 aliphatic heterocycles. The third-order valence-electron chi connectivity index (χ3n) is 5.92. The lowest BCUT2D eigenvalue weighted by Crippen LogP contribution is -2.34. The largest absolute Gasteiger partial charge is 0.497 e. The van der Waals surface area contributed by atoms with Gasteiger partial charge >= 0.3 is 0 Å². The van der Waals surface area contributed by atoms with E-state index in [1.54, 1.807) is 14.2 Å². The maximum Gasteiger partial charge on any atom is 0.234 e. The Kier molecular flexibility index (Phi) is 6.33. The molecule has 1 atom stereocenters. The molecule has 35 heavy (non-hydrogen) atoms. The highest BCUT2D eigenvalue weighted by Gasteiger charge is 2.33. The first-order chi connectivity index (χ1) is 17.1. The molecule has 178 valence electrons. The number of thioether (sulfide) groups is 1. The Balaban J connectivity index is 1.43. The number of ether oxygens (including phenoxy) is 2. The van der Waals surface area contributed by atoms with Crippen molar-refractivity contribution in [3.63, 3.8) is 0 Å². The molecule has 0 spiro atoms. The molecule has 9 heteroatoms. The quantitative estimate of drug-likeness (QED) is 0.379. The van der Waals surface area contributed by atoms with Gasteiger partial charge in [-0.25, -0.2) is 0 Å². The van der Waals surface area contributed by atoms with Gasteiger partial charge in [0.1, 0.15) is 17.7 Å². The zero-order valence-corrected chi connectivity index (χ0v) is 20.5. The second-order valence-electron chi connectivity index (χ2n) is 8.02. The van der Waals surface area contributed by atoms with Gasteiger partial charge in [-0.15, -0.1) is 10.2 Å². The molecule has 0 saturated heterocycles. The lowest BCUT2D eigenvalue weighted by Gasteiger charge is -2.37. The number of benzene rings is 3. The number of aromatic nitrogens is 3.